The number of H-pyrrole nitrogens is 1. The summed E-state index contributed by atoms with van der Waals surface area (Å²) in [6, 6.07) is 19.2. The zero-order valence-corrected chi connectivity index (χ0v) is 20.0. The number of anilines is 2. The van der Waals surface area contributed by atoms with Crippen LogP contribution in [0, 0.1) is 18.8 Å². The van der Waals surface area contributed by atoms with Gasteiger partial charge in [-0.2, -0.15) is 0 Å². The van der Waals surface area contributed by atoms with Crippen molar-refractivity contribution in [3.8, 4) is 5.75 Å². The number of aromatic hydroxyl groups is 1. The van der Waals surface area contributed by atoms with Crippen molar-refractivity contribution in [1.82, 2.24) is 10.3 Å². The van der Waals surface area contributed by atoms with Crippen molar-refractivity contribution in [2.45, 2.75) is 24.9 Å². The molecule has 3 amide bonds. The molecule has 7 rings (SSSR count). The zero-order chi connectivity index (χ0) is 25.5. The first-order valence-corrected chi connectivity index (χ1v) is 12.3. The third-order valence-corrected chi connectivity index (χ3v) is 8.08. The smallest absolute Gasteiger partial charge is 0.250 e. The second-order valence-corrected chi connectivity index (χ2v) is 10.2. The van der Waals surface area contributed by atoms with Crippen LogP contribution < -0.4 is 15.5 Å². The summed E-state index contributed by atoms with van der Waals surface area (Å²) < 4.78 is 0. The Hall–Kier alpha value is -4.43. The Morgan fingerprint density at radius 3 is 2.59 bits per heavy atom. The van der Waals surface area contributed by atoms with Gasteiger partial charge >= 0.3 is 0 Å². The van der Waals surface area contributed by atoms with Crippen LogP contribution in [0.1, 0.15) is 16.7 Å². The molecule has 3 aliphatic heterocycles. The number of aromatic nitrogens is 1. The molecule has 1 spiro atoms. The molecule has 4 atom stereocenters. The number of hydrogen-bond acceptors (Lipinski definition) is 5. The number of amides is 3. The van der Waals surface area contributed by atoms with Gasteiger partial charge in [0.2, 0.25) is 17.7 Å². The average molecular weight is 493 g/mol. The summed E-state index contributed by atoms with van der Waals surface area (Å²) in [6.07, 6.45) is 2.25. The maximum Gasteiger partial charge on any atom is 0.250 e. The van der Waals surface area contributed by atoms with Crippen molar-refractivity contribution < 1.29 is 19.5 Å². The summed E-state index contributed by atoms with van der Waals surface area (Å²) >= 11 is 0. The van der Waals surface area contributed by atoms with Gasteiger partial charge in [-0.1, -0.05) is 35.9 Å². The molecule has 4 heterocycles. The molecule has 4 N–H and O–H groups in total. The Morgan fingerprint density at radius 2 is 1.78 bits per heavy atom. The molecule has 0 bridgehead atoms. The van der Waals surface area contributed by atoms with Gasteiger partial charge in [-0.25, -0.2) is 4.90 Å². The fourth-order valence-electron chi connectivity index (χ4n) is 6.49. The van der Waals surface area contributed by atoms with Crippen LogP contribution in [-0.2, 0) is 26.3 Å². The van der Waals surface area contributed by atoms with E-state index in [1.54, 1.807) is 42.5 Å². The van der Waals surface area contributed by atoms with Crippen molar-refractivity contribution in [2.75, 3.05) is 10.2 Å². The molecule has 1 aromatic heterocycles. The summed E-state index contributed by atoms with van der Waals surface area (Å²) in [5.74, 6) is -2.51. The normalized spacial score (nSPS) is 26.2. The first-order valence-electron chi connectivity index (χ1n) is 12.3. The van der Waals surface area contributed by atoms with Crippen molar-refractivity contribution in [3.63, 3.8) is 0 Å². The molecule has 0 aliphatic carbocycles. The van der Waals surface area contributed by atoms with Crippen LogP contribution in [0.15, 0.2) is 72.9 Å². The number of carbonyl (C=O) groups is 3. The van der Waals surface area contributed by atoms with Gasteiger partial charge in [0.05, 0.1) is 17.5 Å². The minimum Gasteiger partial charge on any atom is -0.508 e. The van der Waals surface area contributed by atoms with Crippen molar-refractivity contribution in [2.24, 2.45) is 11.8 Å². The lowest BCUT2D eigenvalue weighted by atomic mass is 9.76. The molecule has 0 saturated carbocycles. The largest absolute Gasteiger partial charge is 0.508 e. The van der Waals surface area contributed by atoms with Crippen molar-refractivity contribution >= 4 is 40.0 Å². The number of phenolic OH excluding ortho intramolecular Hbond substituents is 1. The fourth-order valence-corrected chi connectivity index (χ4v) is 6.49. The number of carbonyl (C=O) groups excluding carboxylic acids is 3. The fraction of sp³-hybridized carbons (Fsp3) is 0.207. The molecule has 3 aromatic carbocycles. The van der Waals surface area contributed by atoms with E-state index in [0.717, 1.165) is 22.0 Å². The predicted molar refractivity (Wildman–Crippen MR) is 138 cm³/mol. The topological polar surface area (TPSA) is 115 Å². The lowest BCUT2D eigenvalue weighted by Crippen LogP contribution is -2.53. The van der Waals surface area contributed by atoms with Gasteiger partial charge in [0.15, 0.2) is 0 Å². The lowest BCUT2D eigenvalue weighted by molar-refractivity contribution is -0.130. The number of aromatic amines is 1. The summed E-state index contributed by atoms with van der Waals surface area (Å²) in [7, 11) is 0. The van der Waals surface area contributed by atoms with Gasteiger partial charge in [0.25, 0.3) is 0 Å². The molecule has 184 valence electrons. The van der Waals surface area contributed by atoms with Gasteiger partial charge in [-0.3, -0.25) is 19.7 Å². The zero-order valence-electron chi connectivity index (χ0n) is 20.0. The maximum atomic E-state index is 14.1. The first-order chi connectivity index (χ1) is 17.9. The summed E-state index contributed by atoms with van der Waals surface area (Å²) in [5.41, 5.74) is 3.19. The van der Waals surface area contributed by atoms with E-state index in [0.29, 0.717) is 23.4 Å². The van der Waals surface area contributed by atoms with Crippen LogP contribution in [0.25, 0.3) is 10.9 Å². The Morgan fingerprint density at radius 1 is 0.973 bits per heavy atom. The quantitative estimate of drug-likeness (QED) is 0.328. The molecule has 8 heteroatoms. The molecule has 3 aliphatic rings. The third-order valence-electron chi connectivity index (χ3n) is 8.08. The number of rotatable bonds is 3. The number of fused-ring (bicyclic) bond motifs is 5. The van der Waals surface area contributed by atoms with E-state index >= 15 is 0 Å². The minimum absolute atomic E-state index is 0.143. The SMILES string of the molecule is Cc1ccc2c(c1)[C@]1(N[C@@H](Cc3c[nH]c4ccc(O)cc34)[C@H]3C(=O)N(c4ccccc4)C(=O)[C@H]31)C(=O)N2. The first kappa shape index (κ1) is 21.8. The highest BCUT2D eigenvalue weighted by atomic mass is 16.3. The Kier molecular flexibility index (Phi) is 4.44. The molecule has 2 saturated heterocycles. The highest BCUT2D eigenvalue weighted by Gasteiger charge is 2.70. The maximum absolute atomic E-state index is 14.1. The standard InChI is InChI=1S/C29H24N4O4/c1-15-7-9-22-20(11-15)29(28(37)31-22)25-24(26(35)33(27(25)36)17-5-3-2-4-6-17)23(32-29)12-16-14-30-21-10-8-18(34)13-19(16)21/h2-11,13-14,23-25,30,32,34H,12H2,1H3,(H,31,37)/t23-,24+,25-,29+/m0/s1. The highest BCUT2D eigenvalue weighted by molar-refractivity contribution is 6.25. The summed E-state index contributed by atoms with van der Waals surface area (Å²) in [6.45, 7) is 1.94. The van der Waals surface area contributed by atoms with Gasteiger partial charge in [0.1, 0.15) is 11.3 Å². The summed E-state index contributed by atoms with van der Waals surface area (Å²) in [5, 5.41) is 17.4. The number of nitrogens with one attached hydrogen (secondary N) is 3. The number of phenols is 1. The second-order valence-electron chi connectivity index (χ2n) is 10.2. The van der Waals surface area contributed by atoms with Crippen LogP contribution >= 0.6 is 0 Å². The Balaban J connectivity index is 1.39. The van der Waals surface area contributed by atoms with E-state index in [2.05, 4.69) is 15.6 Å². The second kappa shape index (κ2) is 7.54. The van der Waals surface area contributed by atoms with Crippen LogP contribution in [-0.4, -0.2) is 33.9 Å². The molecule has 4 aromatic rings. The monoisotopic (exact) mass is 492 g/mol. The van der Waals surface area contributed by atoms with Crippen LogP contribution in [0.5, 0.6) is 5.75 Å². The molecule has 2 fully saturated rings. The molecule has 37 heavy (non-hydrogen) atoms. The number of imide groups is 1. The van der Waals surface area contributed by atoms with E-state index in [1.165, 1.54) is 4.90 Å². The Bertz CT molecular complexity index is 1630. The molecule has 8 nitrogen and oxygen atoms in total. The van der Waals surface area contributed by atoms with Crippen molar-refractivity contribution in [3.05, 3.63) is 89.6 Å². The van der Waals surface area contributed by atoms with Crippen LogP contribution in [0.4, 0.5) is 11.4 Å². The van der Waals surface area contributed by atoms with E-state index in [-0.39, 0.29) is 23.5 Å². The minimum atomic E-state index is -1.36. The average Bonchev–Trinajstić information content (AvgIpc) is 3.59. The van der Waals surface area contributed by atoms with Crippen molar-refractivity contribution in [1.29, 1.82) is 0 Å². The van der Waals surface area contributed by atoms with E-state index in [9.17, 15) is 19.5 Å². The number of para-hydroxylation sites is 1. The van der Waals surface area contributed by atoms with Gasteiger partial charge in [-0.15, -0.1) is 0 Å². The van der Waals surface area contributed by atoms with Crippen LogP contribution in [0.3, 0.4) is 0 Å². The predicted octanol–water partition coefficient (Wildman–Crippen LogP) is 3.35. The summed E-state index contributed by atoms with van der Waals surface area (Å²) in [4.78, 5) is 46.2. The molecule has 0 unspecified atom stereocenters. The number of aryl methyl sites for hydroxylation is 1. The van der Waals surface area contributed by atoms with Gasteiger partial charge in [-0.05, 0) is 55.3 Å². The van der Waals surface area contributed by atoms with Gasteiger partial charge in [0, 0.05) is 34.4 Å². The van der Waals surface area contributed by atoms with Gasteiger partial charge < -0.3 is 15.4 Å². The lowest BCUT2D eigenvalue weighted by Gasteiger charge is -2.29. The van der Waals surface area contributed by atoms with E-state index < -0.39 is 23.4 Å². The highest BCUT2D eigenvalue weighted by Crippen LogP contribution is 2.54. The number of hydrogen-bond donors (Lipinski definition) is 4. The number of benzene rings is 3. The molecular weight excluding hydrogens is 468 g/mol. The molecular formula is C29H24N4O4. The Labute approximate surface area is 212 Å². The number of nitrogens with zero attached hydrogens (tertiary/aromatic N) is 1. The van der Waals surface area contributed by atoms with E-state index in [4.69, 9.17) is 0 Å². The van der Waals surface area contributed by atoms with Crippen LogP contribution in [0.2, 0.25) is 0 Å². The van der Waals surface area contributed by atoms with E-state index in [1.807, 2.05) is 37.4 Å². The molecule has 0 radical (unpaired) electrons. The third kappa shape index (κ3) is 2.90.